The molecule has 2 heterocycles. The van der Waals surface area contributed by atoms with Gasteiger partial charge in [0.2, 0.25) is 0 Å². The van der Waals surface area contributed by atoms with Crippen molar-refractivity contribution in [2.24, 2.45) is 11.7 Å². The number of hydrogen-bond acceptors (Lipinski definition) is 4. The smallest absolute Gasteiger partial charge is 0.324 e. The molecule has 1 aliphatic rings. The van der Waals surface area contributed by atoms with Crippen LogP contribution in [0.5, 0.6) is 0 Å². The minimum absolute atomic E-state index is 0.0697. The lowest BCUT2D eigenvalue weighted by Crippen LogP contribution is -2.39. The predicted molar refractivity (Wildman–Crippen MR) is 173 cm³/mol. The molecule has 0 atom stereocenters. The molecule has 0 bridgehead atoms. The van der Waals surface area contributed by atoms with Gasteiger partial charge >= 0.3 is 6.03 Å². The zero-order valence-corrected chi connectivity index (χ0v) is 25.6. The fourth-order valence-electron chi connectivity index (χ4n) is 5.43. The molecule has 224 valence electrons. The van der Waals surface area contributed by atoms with Crippen LogP contribution in [-0.4, -0.2) is 39.7 Å². The highest BCUT2D eigenvalue weighted by molar-refractivity contribution is 6.00. The van der Waals surface area contributed by atoms with Gasteiger partial charge in [0.1, 0.15) is 5.82 Å². The summed E-state index contributed by atoms with van der Waals surface area (Å²) in [5.41, 5.74) is 12.0. The number of urea groups is 1. The number of carbonyl (C=O) groups excluding carboxylic acids is 2. The topological polar surface area (TPSA) is 105 Å². The van der Waals surface area contributed by atoms with Crippen LogP contribution in [0.2, 0.25) is 0 Å². The summed E-state index contributed by atoms with van der Waals surface area (Å²) in [7, 11) is 0. The van der Waals surface area contributed by atoms with E-state index in [2.05, 4.69) is 37.5 Å². The molecule has 1 saturated heterocycles. The first-order valence-electron chi connectivity index (χ1n) is 15.0. The summed E-state index contributed by atoms with van der Waals surface area (Å²) in [5.74, 6) is 1.10. The van der Waals surface area contributed by atoms with E-state index in [-0.39, 0.29) is 17.4 Å². The van der Waals surface area contributed by atoms with Crippen LogP contribution in [0.15, 0.2) is 78.9 Å². The van der Waals surface area contributed by atoms with Gasteiger partial charge in [0.25, 0.3) is 5.91 Å². The molecule has 5 rings (SSSR count). The van der Waals surface area contributed by atoms with Gasteiger partial charge < -0.3 is 16.0 Å². The maximum absolute atomic E-state index is 13.3. The number of nitrogens with zero attached hydrogens (tertiary/aromatic N) is 3. The van der Waals surface area contributed by atoms with E-state index in [0.717, 1.165) is 66.1 Å². The van der Waals surface area contributed by atoms with Crippen LogP contribution < -0.4 is 16.4 Å². The van der Waals surface area contributed by atoms with Crippen molar-refractivity contribution >= 4 is 23.4 Å². The molecule has 8 nitrogen and oxygen atoms in total. The van der Waals surface area contributed by atoms with Crippen molar-refractivity contribution in [1.82, 2.24) is 14.7 Å². The summed E-state index contributed by atoms with van der Waals surface area (Å²) in [6.07, 6.45) is 2.66. The maximum Gasteiger partial charge on any atom is 0.324 e. The second-order valence-electron chi connectivity index (χ2n) is 12.5. The highest BCUT2D eigenvalue weighted by Crippen LogP contribution is 2.29. The summed E-state index contributed by atoms with van der Waals surface area (Å²) in [6, 6.07) is 25.2. The number of aryl methyl sites for hydroxylation is 1. The molecule has 1 fully saturated rings. The number of benzene rings is 3. The van der Waals surface area contributed by atoms with Gasteiger partial charge in [-0.2, -0.15) is 5.10 Å². The van der Waals surface area contributed by atoms with Crippen LogP contribution in [0.4, 0.5) is 16.3 Å². The first-order chi connectivity index (χ1) is 20.6. The zero-order chi connectivity index (χ0) is 30.6. The summed E-state index contributed by atoms with van der Waals surface area (Å²) in [4.78, 5) is 28.3. The summed E-state index contributed by atoms with van der Waals surface area (Å²) in [5, 5.41) is 10.9. The number of anilines is 2. The van der Waals surface area contributed by atoms with Crippen molar-refractivity contribution in [3.63, 3.8) is 0 Å². The van der Waals surface area contributed by atoms with Crippen LogP contribution in [0.1, 0.15) is 66.4 Å². The third-order valence-corrected chi connectivity index (χ3v) is 8.11. The summed E-state index contributed by atoms with van der Waals surface area (Å²) in [6.45, 7) is 10.3. The lowest BCUT2D eigenvalue weighted by Gasteiger charge is -2.32. The number of aromatic nitrogens is 2. The average molecular weight is 579 g/mol. The Labute approximate surface area is 254 Å². The Bertz CT molecular complexity index is 1560. The minimum atomic E-state index is -0.317. The van der Waals surface area contributed by atoms with Crippen LogP contribution >= 0.6 is 0 Å². The van der Waals surface area contributed by atoms with Crippen molar-refractivity contribution in [2.75, 3.05) is 23.7 Å². The Kier molecular flexibility index (Phi) is 8.97. The van der Waals surface area contributed by atoms with Gasteiger partial charge in [-0.3, -0.25) is 10.1 Å². The molecule has 1 aromatic heterocycles. The molecule has 3 amide bonds. The van der Waals surface area contributed by atoms with Gasteiger partial charge in [0, 0.05) is 42.4 Å². The lowest BCUT2D eigenvalue weighted by molar-refractivity contribution is 0.0690. The van der Waals surface area contributed by atoms with E-state index in [4.69, 9.17) is 10.8 Å². The highest BCUT2D eigenvalue weighted by Gasteiger charge is 2.25. The van der Waals surface area contributed by atoms with Crippen molar-refractivity contribution < 1.29 is 9.59 Å². The van der Waals surface area contributed by atoms with E-state index in [0.29, 0.717) is 23.8 Å². The van der Waals surface area contributed by atoms with Gasteiger partial charge in [-0.25, -0.2) is 9.48 Å². The third-order valence-electron chi connectivity index (χ3n) is 8.11. The molecule has 0 spiro atoms. The number of nitrogens with one attached hydrogen (secondary N) is 2. The molecule has 0 saturated carbocycles. The van der Waals surface area contributed by atoms with E-state index in [9.17, 15) is 9.59 Å². The summed E-state index contributed by atoms with van der Waals surface area (Å²) < 4.78 is 1.78. The van der Waals surface area contributed by atoms with Gasteiger partial charge in [-0.05, 0) is 73.6 Å². The van der Waals surface area contributed by atoms with Gasteiger partial charge in [-0.15, -0.1) is 0 Å². The molecular formula is C35H42N6O2. The molecule has 0 unspecified atom stereocenters. The van der Waals surface area contributed by atoms with Crippen LogP contribution in [0.25, 0.3) is 5.69 Å². The Morgan fingerprint density at radius 3 is 2.26 bits per heavy atom. The van der Waals surface area contributed by atoms with Crippen molar-refractivity contribution in [2.45, 2.75) is 58.9 Å². The first kappa shape index (κ1) is 30.0. The number of rotatable bonds is 7. The SMILES string of the molecule is Cc1ccc(-n2nc(C(C)(C)C)cc2NC(=O)Nc2ccccc2CC2CCN(C(=O)c3ccc(CN)cc3)CC2)cc1. The molecule has 0 aliphatic carbocycles. The highest BCUT2D eigenvalue weighted by atomic mass is 16.2. The Morgan fingerprint density at radius 1 is 0.930 bits per heavy atom. The molecule has 3 aromatic carbocycles. The Hall–Kier alpha value is -4.43. The molecule has 43 heavy (non-hydrogen) atoms. The first-order valence-corrected chi connectivity index (χ1v) is 15.0. The van der Waals surface area contributed by atoms with Gasteiger partial charge in [0.05, 0.1) is 11.4 Å². The number of hydrogen-bond donors (Lipinski definition) is 3. The molecule has 4 aromatic rings. The van der Waals surface area contributed by atoms with Crippen LogP contribution in [0.3, 0.4) is 0 Å². The Morgan fingerprint density at radius 2 is 1.60 bits per heavy atom. The second-order valence-corrected chi connectivity index (χ2v) is 12.5. The van der Waals surface area contributed by atoms with Crippen molar-refractivity contribution in [1.29, 1.82) is 0 Å². The second kappa shape index (κ2) is 12.8. The molecular weight excluding hydrogens is 536 g/mol. The van der Waals surface area contributed by atoms with E-state index < -0.39 is 0 Å². The quantitative estimate of drug-likeness (QED) is 0.228. The number of para-hydroxylation sites is 1. The normalized spacial score (nSPS) is 14.0. The summed E-state index contributed by atoms with van der Waals surface area (Å²) >= 11 is 0. The zero-order valence-electron chi connectivity index (χ0n) is 25.6. The van der Waals surface area contributed by atoms with Crippen molar-refractivity contribution in [3.05, 3.63) is 107 Å². The lowest BCUT2D eigenvalue weighted by atomic mass is 9.89. The number of carbonyl (C=O) groups is 2. The third kappa shape index (κ3) is 7.32. The molecule has 0 radical (unpaired) electrons. The van der Waals surface area contributed by atoms with Crippen LogP contribution in [-0.2, 0) is 18.4 Å². The number of amides is 3. The molecule has 4 N–H and O–H groups in total. The standard InChI is InChI=1S/C35H42N6O2/c1-24-9-15-29(16-10-24)41-32(22-31(39-41)35(2,3)4)38-34(43)37-30-8-6-5-7-28(30)21-25-17-19-40(20-18-25)33(42)27-13-11-26(23-36)12-14-27/h5-16,22,25H,17-21,23,36H2,1-4H3,(H2,37,38,43). The predicted octanol–water partition coefficient (Wildman–Crippen LogP) is 6.68. The van der Waals surface area contributed by atoms with Gasteiger partial charge in [-0.1, -0.05) is 68.8 Å². The van der Waals surface area contributed by atoms with E-state index in [1.165, 1.54) is 0 Å². The number of likely N-dealkylation sites (tertiary alicyclic amines) is 1. The van der Waals surface area contributed by atoms with Crippen LogP contribution in [0, 0.1) is 12.8 Å². The monoisotopic (exact) mass is 578 g/mol. The van der Waals surface area contributed by atoms with Crippen molar-refractivity contribution in [3.8, 4) is 5.69 Å². The maximum atomic E-state index is 13.3. The molecule has 8 heteroatoms. The Balaban J connectivity index is 1.23. The van der Waals surface area contributed by atoms with E-state index >= 15 is 0 Å². The van der Waals surface area contributed by atoms with Gasteiger partial charge in [0.15, 0.2) is 0 Å². The minimum Gasteiger partial charge on any atom is -0.339 e. The fraction of sp³-hybridized carbons (Fsp3) is 0.343. The average Bonchev–Trinajstić information content (AvgIpc) is 3.43. The number of nitrogens with two attached hydrogens (primary N) is 1. The largest absolute Gasteiger partial charge is 0.339 e. The van der Waals surface area contributed by atoms with E-state index in [1.54, 1.807) is 4.68 Å². The van der Waals surface area contributed by atoms with E-state index in [1.807, 2.05) is 84.6 Å². The molecule has 1 aliphatic heterocycles. The number of piperidine rings is 1. The fourth-order valence-corrected chi connectivity index (χ4v) is 5.43.